The summed E-state index contributed by atoms with van der Waals surface area (Å²) in [4.78, 5) is 10.5. The van der Waals surface area contributed by atoms with Gasteiger partial charge in [-0.05, 0) is 5.41 Å². The molecular weight excluding hydrogens is 242 g/mol. The molecule has 7 heteroatoms. The Bertz CT molecular complexity index is 398. The number of aliphatic carboxylic acids is 1. The summed E-state index contributed by atoms with van der Waals surface area (Å²) in [6, 6.07) is 0. The molecule has 0 aliphatic heterocycles. The summed E-state index contributed by atoms with van der Waals surface area (Å²) in [6.07, 6.45) is 0. The van der Waals surface area contributed by atoms with Crippen LogP contribution in [0.1, 0.15) is 26.6 Å². The van der Waals surface area contributed by atoms with Crippen LogP contribution in [0.4, 0.5) is 0 Å². The topological polar surface area (TPSA) is 88.2 Å². The highest BCUT2D eigenvalue weighted by Gasteiger charge is 2.19. The van der Waals surface area contributed by atoms with E-state index in [-0.39, 0.29) is 17.8 Å². The predicted octanol–water partition coefficient (Wildman–Crippen LogP) is 0.993. The van der Waals surface area contributed by atoms with Gasteiger partial charge in [0, 0.05) is 6.54 Å². The van der Waals surface area contributed by atoms with Crippen LogP contribution in [0.15, 0.2) is 5.16 Å². The zero-order valence-electron chi connectivity index (χ0n) is 10.2. The molecule has 0 aromatic carbocycles. The molecule has 0 unspecified atom stereocenters. The number of aliphatic hydroxyl groups excluding tert-OH is 1. The van der Waals surface area contributed by atoms with Crippen molar-refractivity contribution in [3.63, 3.8) is 0 Å². The van der Waals surface area contributed by atoms with Crippen molar-refractivity contribution in [1.82, 2.24) is 14.8 Å². The summed E-state index contributed by atoms with van der Waals surface area (Å²) in [5.41, 5.74) is 0.00480. The van der Waals surface area contributed by atoms with E-state index in [4.69, 9.17) is 10.2 Å². The van der Waals surface area contributed by atoms with Crippen molar-refractivity contribution < 1.29 is 15.0 Å². The number of carboxylic acids is 1. The molecule has 17 heavy (non-hydrogen) atoms. The molecule has 0 saturated carbocycles. The summed E-state index contributed by atoms with van der Waals surface area (Å²) in [5, 5.41) is 26.1. The second kappa shape index (κ2) is 5.50. The Morgan fingerprint density at radius 2 is 2.06 bits per heavy atom. The molecular formula is C10H17N3O3S. The van der Waals surface area contributed by atoms with E-state index >= 15 is 0 Å². The molecule has 0 spiro atoms. The SMILES string of the molecule is CC(C)(C)Cn1c(CO)nnc1SCC(=O)O. The lowest BCUT2D eigenvalue weighted by Crippen LogP contribution is -2.18. The molecule has 1 aromatic rings. The van der Waals surface area contributed by atoms with Crippen LogP contribution < -0.4 is 0 Å². The monoisotopic (exact) mass is 259 g/mol. The number of nitrogens with zero attached hydrogens (tertiary/aromatic N) is 3. The smallest absolute Gasteiger partial charge is 0.313 e. The maximum atomic E-state index is 10.5. The quantitative estimate of drug-likeness (QED) is 0.767. The number of aliphatic hydroxyl groups is 1. The summed E-state index contributed by atoms with van der Waals surface area (Å²) < 4.78 is 1.77. The maximum Gasteiger partial charge on any atom is 0.313 e. The highest BCUT2D eigenvalue weighted by molar-refractivity contribution is 7.99. The number of thioether (sulfide) groups is 1. The van der Waals surface area contributed by atoms with Crippen LogP contribution in [0, 0.1) is 5.41 Å². The highest BCUT2D eigenvalue weighted by Crippen LogP contribution is 2.23. The molecule has 0 saturated heterocycles. The molecule has 1 heterocycles. The van der Waals surface area contributed by atoms with E-state index in [2.05, 4.69) is 31.0 Å². The first kappa shape index (κ1) is 14.0. The van der Waals surface area contributed by atoms with Crippen LogP contribution >= 0.6 is 11.8 Å². The van der Waals surface area contributed by atoms with Crippen LogP contribution in [0.3, 0.4) is 0 Å². The van der Waals surface area contributed by atoms with Crippen molar-refractivity contribution in [2.45, 2.75) is 39.1 Å². The Balaban J connectivity index is 2.89. The molecule has 2 N–H and O–H groups in total. The minimum atomic E-state index is -0.897. The van der Waals surface area contributed by atoms with Crippen molar-refractivity contribution in [3.8, 4) is 0 Å². The van der Waals surface area contributed by atoms with E-state index < -0.39 is 5.97 Å². The number of hydrogen-bond donors (Lipinski definition) is 2. The van der Waals surface area contributed by atoms with E-state index in [0.29, 0.717) is 17.5 Å². The zero-order valence-corrected chi connectivity index (χ0v) is 11.0. The largest absolute Gasteiger partial charge is 0.481 e. The van der Waals surface area contributed by atoms with Gasteiger partial charge >= 0.3 is 5.97 Å². The van der Waals surface area contributed by atoms with Gasteiger partial charge in [0.2, 0.25) is 0 Å². The van der Waals surface area contributed by atoms with Crippen LogP contribution in [0.2, 0.25) is 0 Å². The van der Waals surface area contributed by atoms with Gasteiger partial charge in [0.1, 0.15) is 6.61 Å². The number of carboxylic acid groups (broad SMARTS) is 1. The molecule has 0 aliphatic rings. The number of carbonyl (C=O) groups is 1. The average molecular weight is 259 g/mol. The van der Waals surface area contributed by atoms with Crippen molar-refractivity contribution in [2.24, 2.45) is 5.41 Å². The highest BCUT2D eigenvalue weighted by atomic mass is 32.2. The van der Waals surface area contributed by atoms with E-state index in [1.165, 1.54) is 0 Å². The van der Waals surface area contributed by atoms with Gasteiger partial charge in [-0.15, -0.1) is 10.2 Å². The van der Waals surface area contributed by atoms with Crippen LogP contribution in [0.25, 0.3) is 0 Å². The normalized spacial score (nSPS) is 11.8. The first-order chi connectivity index (χ1) is 7.83. The summed E-state index contributed by atoms with van der Waals surface area (Å²) in [5.74, 6) is -0.494. The van der Waals surface area contributed by atoms with Gasteiger partial charge < -0.3 is 14.8 Å². The van der Waals surface area contributed by atoms with Crippen molar-refractivity contribution in [2.75, 3.05) is 5.75 Å². The third-order valence-corrected chi connectivity index (χ3v) is 2.84. The van der Waals surface area contributed by atoms with Gasteiger partial charge in [0.25, 0.3) is 0 Å². The molecule has 6 nitrogen and oxygen atoms in total. The minimum absolute atomic E-state index is 0.00480. The van der Waals surface area contributed by atoms with E-state index in [1.54, 1.807) is 4.57 Å². The lowest BCUT2D eigenvalue weighted by molar-refractivity contribution is -0.133. The van der Waals surface area contributed by atoms with Gasteiger partial charge in [-0.3, -0.25) is 4.79 Å². The van der Waals surface area contributed by atoms with E-state index in [9.17, 15) is 4.79 Å². The summed E-state index contributed by atoms with van der Waals surface area (Å²) in [6.45, 7) is 6.61. The Labute approximate surface area is 104 Å². The third kappa shape index (κ3) is 4.35. The number of aromatic nitrogens is 3. The fraction of sp³-hybridized carbons (Fsp3) is 0.700. The van der Waals surface area contributed by atoms with Crippen LogP contribution in [-0.2, 0) is 17.9 Å². The second-order valence-electron chi connectivity index (χ2n) is 4.89. The number of rotatable bonds is 5. The molecule has 0 aliphatic carbocycles. The van der Waals surface area contributed by atoms with E-state index in [0.717, 1.165) is 11.8 Å². The third-order valence-electron chi connectivity index (χ3n) is 1.89. The van der Waals surface area contributed by atoms with Crippen LogP contribution in [-0.4, -0.2) is 36.7 Å². The van der Waals surface area contributed by atoms with Crippen molar-refractivity contribution in [1.29, 1.82) is 0 Å². The lowest BCUT2D eigenvalue weighted by atomic mass is 9.97. The Morgan fingerprint density at radius 1 is 1.41 bits per heavy atom. The summed E-state index contributed by atoms with van der Waals surface area (Å²) in [7, 11) is 0. The fourth-order valence-corrected chi connectivity index (χ4v) is 1.98. The Hall–Kier alpha value is -1.08. The number of hydrogen-bond acceptors (Lipinski definition) is 5. The lowest BCUT2D eigenvalue weighted by Gasteiger charge is -2.20. The van der Waals surface area contributed by atoms with Crippen LogP contribution in [0.5, 0.6) is 0 Å². The van der Waals surface area contributed by atoms with Gasteiger partial charge in [-0.1, -0.05) is 32.5 Å². The molecule has 0 bridgehead atoms. The summed E-state index contributed by atoms with van der Waals surface area (Å²) >= 11 is 1.11. The minimum Gasteiger partial charge on any atom is -0.481 e. The first-order valence-electron chi connectivity index (χ1n) is 5.21. The molecule has 0 amide bonds. The molecule has 1 rings (SSSR count). The standard InChI is InChI=1S/C10H17N3O3S/c1-10(2,3)6-13-7(4-14)11-12-9(13)17-5-8(15)16/h14H,4-6H2,1-3H3,(H,15,16). The zero-order chi connectivity index (χ0) is 13.1. The molecule has 1 aromatic heterocycles. The first-order valence-corrected chi connectivity index (χ1v) is 6.19. The molecule has 0 fully saturated rings. The fourth-order valence-electron chi connectivity index (χ4n) is 1.30. The molecule has 0 atom stereocenters. The average Bonchev–Trinajstić information content (AvgIpc) is 2.55. The second-order valence-corrected chi connectivity index (χ2v) is 5.83. The van der Waals surface area contributed by atoms with Crippen molar-refractivity contribution >= 4 is 17.7 Å². The Kier molecular flexibility index (Phi) is 4.53. The van der Waals surface area contributed by atoms with Gasteiger partial charge in [-0.25, -0.2) is 0 Å². The van der Waals surface area contributed by atoms with E-state index in [1.807, 2.05) is 0 Å². The molecule has 96 valence electrons. The van der Waals surface area contributed by atoms with Crippen molar-refractivity contribution in [3.05, 3.63) is 5.82 Å². The molecule has 0 radical (unpaired) electrons. The van der Waals surface area contributed by atoms with Gasteiger partial charge in [-0.2, -0.15) is 0 Å². The Morgan fingerprint density at radius 3 is 2.53 bits per heavy atom. The predicted molar refractivity (Wildman–Crippen MR) is 63.8 cm³/mol. The van der Waals surface area contributed by atoms with Gasteiger partial charge in [0.05, 0.1) is 5.75 Å². The maximum absolute atomic E-state index is 10.5. The van der Waals surface area contributed by atoms with Gasteiger partial charge in [0.15, 0.2) is 11.0 Å².